The smallest absolute Gasteiger partial charge is 0.322 e. The van der Waals surface area contributed by atoms with Crippen LogP contribution in [0.1, 0.15) is 10.4 Å². The molecule has 0 radical (unpaired) electrons. The van der Waals surface area contributed by atoms with Crippen LogP contribution >= 0.6 is 0 Å². The first kappa shape index (κ1) is 20.0. The topological polar surface area (TPSA) is 139 Å². The number of sulfonamides is 1. The van der Waals surface area contributed by atoms with Gasteiger partial charge in [-0.2, -0.15) is 4.68 Å². The molecule has 0 aliphatic rings. The Kier molecular flexibility index (Phi) is 5.33. The SMILES string of the molecule is O=C(Nc1ccc(-n2nn[nH]c2=O)cc1)c1ccc(NS(=O)(=O)c2ccccc2)cc1. The van der Waals surface area contributed by atoms with Crippen molar-refractivity contribution in [2.45, 2.75) is 4.90 Å². The average Bonchev–Trinajstić information content (AvgIpc) is 3.21. The monoisotopic (exact) mass is 436 g/mol. The van der Waals surface area contributed by atoms with Crippen LogP contribution in [0.25, 0.3) is 5.69 Å². The van der Waals surface area contributed by atoms with Gasteiger partial charge in [0.2, 0.25) is 0 Å². The van der Waals surface area contributed by atoms with Gasteiger partial charge in [-0.25, -0.2) is 18.3 Å². The fourth-order valence-corrected chi connectivity index (χ4v) is 3.84. The van der Waals surface area contributed by atoms with Crippen molar-refractivity contribution in [1.29, 1.82) is 0 Å². The van der Waals surface area contributed by atoms with Crippen LogP contribution in [0.2, 0.25) is 0 Å². The Morgan fingerprint density at radius 2 is 1.52 bits per heavy atom. The molecule has 3 N–H and O–H groups in total. The second kappa shape index (κ2) is 8.24. The minimum Gasteiger partial charge on any atom is -0.322 e. The molecule has 31 heavy (non-hydrogen) atoms. The number of carbonyl (C=O) groups is 1. The van der Waals surface area contributed by atoms with Crippen LogP contribution in [-0.4, -0.2) is 34.5 Å². The van der Waals surface area contributed by atoms with E-state index in [9.17, 15) is 18.0 Å². The average molecular weight is 436 g/mol. The molecular formula is C20H16N6O4S. The van der Waals surface area contributed by atoms with Crippen molar-refractivity contribution in [3.8, 4) is 5.69 Å². The Bertz CT molecular complexity index is 1360. The number of hydrogen-bond acceptors (Lipinski definition) is 6. The van der Waals surface area contributed by atoms with Crippen LogP contribution < -0.4 is 15.7 Å². The van der Waals surface area contributed by atoms with E-state index in [0.29, 0.717) is 22.6 Å². The number of tetrazole rings is 1. The quantitative estimate of drug-likeness (QED) is 0.423. The summed E-state index contributed by atoms with van der Waals surface area (Å²) in [4.78, 5) is 24.1. The Labute approximate surface area is 176 Å². The van der Waals surface area contributed by atoms with E-state index in [1.54, 1.807) is 42.5 Å². The summed E-state index contributed by atoms with van der Waals surface area (Å²) in [6.45, 7) is 0. The van der Waals surface area contributed by atoms with Gasteiger partial charge in [0, 0.05) is 16.9 Å². The van der Waals surface area contributed by atoms with Gasteiger partial charge in [0.1, 0.15) is 0 Å². The molecule has 0 unspecified atom stereocenters. The van der Waals surface area contributed by atoms with E-state index < -0.39 is 15.7 Å². The van der Waals surface area contributed by atoms with E-state index in [1.807, 2.05) is 0 Å². The number of carbonyl (C=O) groups excluding carboxylic acids is 1. The van der Waals surface area contributed by atoms with Crippen LogP contribution in [-0.2, 0) is 10.0 Å². The molecule has 0 saturated carbocycles. The minimum absolute atomic E-state index is 0.146. The van der Waals surface area contributed by atoms with E-state index in [4.69, 9.17) is 0 Å². The number of anilines is 2. The van der Waals surface area contributed by atoms with Gasteiger partial charge in [0.05, 0.1) is 10.6 Å². The van der Waals surface area contributed by atoms with Crippen molar-refractivity contribution in [3.05, 3.63) is 94.9 Å². The molecule has 0 aliphatic heterocycles. The molecule has 4 rings (SSSR count). The van der Waals surface area contributed by atoms with Gasteiger partial charge in [-0.05, 0) is 71.1 Å². The molecule has 1 amide bonds. The van der Waals surface area contributed by atoms with Gasteiger partial charge in [0.25, 0.3) is 15.9 Å². The number of nitrogens with zero attached hydrogens (tertiary/aromatic N) is 3. The molecule has 1 aromatic heterocycles. The third-order valence-electron chi connectivity index (χ3n) is 4.29. The molecule has 3 aromatic carbocycles. The van der Waals surface area contributed by atoms with Crippen molar-refractivity contribution in [2.75, 3.05) is 10.0 Å². The lowest BCUT2D eigenvalue weighted by Crippen LogP contribution is -2.16. The highest BCUT2D eigenvalue weighted by molar-refractivity contribution is 7.92. The summed E-state index contributed by atoms with van der Waals surface area (Å²) in [5.41, 5.74) is 1.22. The van der Waals surface area contributed by atoms with Crippen molar-refractivity contribution in [3.63, 3.8) is 0 Å². The van der Waals surface area contributed by atoms with Gasteiger partial charge in [-0.1, -0.05) is 18.2 Å². The number of aromatic nitrogens is 4. The number of nitrogens with one attached hydrogen (secondary N) is 3. The summed E-state index contributed by atoms with van der Waals surface area (Å²) in [6, 6.07) is 20.5. The molecule has 1 heterocycles. The van der Waals surface area contributed by atoms with E-state index >= 15 is 0 Å². The number of rotatable bonds is 6. The van der Waals surface area contributed by atoms with Crippen LogP contribution in [0.4, 0.5) is 11.4 Å². The molecule has 11 heteroatoms. The van der Waals surface area contributed by atoms with E-state index in [-0.39, 0.29) is 10.8 Å². The fourth-order valence-electron chi connectivity index (χ4n) is 2.76. The summed E-state index contributed by atoms with van der Waals surface area (Å²) in [5, 5.41) is 12.0. The third-order valence-corrected chi connectivity index (χ3v) is 5.69. The van der Waals surface area contributed by atoms with Crippen LogP contribution in [0.5, 0.6) is 0 Å². The predicted molar refractivity (Wildman–Crippen MR) is 114 cm³/mol. The maximum absolute atomic E-state index is 12.5. The summed E-state index contributed by atoms with van der Waals surface area (Å²) >= 11 is 0. The fraction of sp³-hybridized carbons (Fsp3) is 0. The molecule has 0 aliphatic carbocycles. The third kappa shape index (κ3) is 4.51. The van der Waals surface area contributed by atoms with E-state index in [1.165, 1.54) is 36.4 Å². The molecular weight excluding hydrogens is 420 g/mol. The Morgan fingerprint density at radius 3 is 2.13 bits per heavy atom. The maximum atomic E-state index is 12.5. The summed E-state index contributed by atoms with van der Waals surface area (Å²) in [7, 11) is -3.71. The van der Waals surface area contributed by atoms with Crippen molar-refractivity contribution < 1.29 is 13.2 Å². The lowest BCUT2D eigenvalue weighted by atomic mass is 10.2. The van der Waals surface area contributed by atoms with Crippen molar-refractivity contribution >= 4 is 27.3 Å². The highest BCUT2D eigenvalue weighted by atomic mass is 32.2. The van der Waals surface area contributed by atoms with Gasteiger partial charge in [-0.15, -0.1) is 0 Å². The Hall–Kier alpha value is -4.25. The molecule has 0 bridgehead atoms. The largest absolute Gasteiger partial charge is 0.365 e. The standard InChI is InChI=1S/C20H16N6O4S/c27-19(21-15-10-12-17(13-11-15)26-20(28)22-24-25-26)14-6-8-16(9-7-14)23-31(29,30)18-4-2-1-3-5-18/h1-13,23H,(H,21,27)(H,22,25,28). The zero-order valence-corrected chi connectivity index (χ0v) is 16.7. The molecule has 0 saturated heterocycles. The molecule has 0 spiro atoms. The normalized spacial score (nSPS) is 11.1. The summed E-state index contributed by atoms with van der Waals surface area (Å²) in [6.07, 6.45) is 0. The molecule has 0 atom stereocenters. The van der Waals surface area contributed by atoms with Gasteiger partial charge >= 0.3 is 5.69 Å². The zero-order valence-electron chi connectivity index (χ0n) is 15.9. The lowest BCUT2D eigenvalue weighted by Gasteiger charge is -2.09. The highest BCUT2D eigenvalue weighted by Crippen LogP contribution is 2.18. The number of aromatic amines is 1. The van der Waals surface area contributed by atoms with Gasteiger partial charge < -0.3 is 5.32 Å². The van der Waals surface area contributed by atoms with Crippen molar-refractivity contribution in [1.82, 2.24) is 20.2 Å². The van der Waals surface area contributed by atoms with Gasteiger partial charge in [0.15, 0.2) is 0 Å². The second-order valence-corrected chi connectivity index (χ2v) is 8.10. The number of hydrogen-bond donors (Lipinski definition) is 3. The number of amides is 1. The van der Waals surface area contributed by atoms with Crippen LogP contribution in [0, 0.1) is 0 Å². The first-order chi connectivity index (χ1) is 14.9. The first-order valence-corrected chi connectivity index (χ1v) is 10.5. The lowest BCUT2D eigenvalue weighted by molar-refractivity contribution is 0.102. The minimum atomic E-state index is -3.71. The predicted octanol–water partition coefficient (Wildman–Crippen LogP) is 2.01. The maximum Gasteiger partial charge on any atom is 0.365 e. The number of benzene rings is 3. The van der Waals surface area contributed by atoms with E-state index in [0.717, 1.165) is 4.68 Å². The zero-order chi connectivity index (χ0) is 21.8. The summed E-state index contributed by atoms with van der Waals surface area (Å²) in [5.74, 6) is -0.371. The highest BCUT2D eigenvalue weighted by Gasteiger charge is 2.14. The van der Waals surface area contributed by atoms with E-state index in [2.05, 4.69) is 25.6 Å². The van der Waals surface area contributed by atoms with Crippen LogP contribution in [0.15, 0.2) is 88.6 Å². The van der Waals surface area contributed by atoms with Gasteiger partial charge in [-0.3, -0.25) is 9.52 Å². The molecule has 4 aromatic rings. The Balaban J connectivity index is 1.43. The summed E-state index contributed by atoms with van der Waals surface area (Å²) < 4.78 is 28.3. The first-order valence-electron chi connectivity index (χ1n) is 9.02. The Morgan fingerprint density at radius 1 is 0.871 bits per heavy atom. The molecule has 10 nitrogen and oxygen atoms in total. The van der Waals surface area contributed by atoms with Crippen molar-refractivity contribution in [2.24, 2.45) is 0 Å². The number of H-pyrrole nitrogens is 1. The molecule has 0 fully saturated rings. The molecule has 156 valence electrons. The van der Waals surface area contributed by atoms with Crippen LogP contribution in [0.3, 0.4) is 0 Å². The second-order valence-electron chi connectivity index (χ2n) is 6.42.